The van der Waals surface area contributed by atoms with Crippen LogP contribution in [0.1, 0.15) is 31.7 Å². The molecule has 1 aliphatic carbocycles. The lowest BCUT2D eigenvalue weighted by Gasteiger charge is -2.20. The minimum Gasteiger partial charge on any atom is -0.299 e. The number of allylic oxidation sites excluding steroid dienone is 1. The topological polar surface area (TPSA) is 17.1 Å². The minimum atomic E-state index is 0.124. The standard InChI is InChI=1S/C14H16O/c1-11-13(8-5-9-14(11)15)10-12-6-3-2-4-7-12/h2-4,6-7,10-11H,5,8-9H2,1H3. The first-order valence-corrected chi connectivity index (χ1v) is 5.55. The van der Waals surface area contributed by atoms with Gasteiger partial charge in [0, 0.05) is 12.3 Å². The molecule has 1 aliphatic rings. The van der Waals surface area contributed by atoms with Gasteiger partial charge in [0.05, 0.1) is 0 Å². The maximum Gasteiger partial charge on any atom is 0.139 e. The van der Waals surface area contributed by atoms with Gasteiger partial charge < -0.3 is 0 Å². The van der Waals surface area contributed by atoms with Gasteiger partial charge in [-0.15, -0.1) is 0 Å². The highest BCUT2D eigenvalue weighted by atomic mass is 16.1. The third-order valence-electron chi connectivity index (χ3n) is 3.08. The zero-order valence-electron chi connectivity index (χ0n) is 9.07. The van der Waals surface area contributed by atoms with E-state index in [9.17, 15) is 4.79 Å². The van der Waals surface area contributed by atoms with Crippen LogP contribution in [0, 0.1) is 5.92 Å². The van der Waals surface area contributed by atoms with Gasteiger partial charge in [0.1, 0.15) is 5.78 Å². The summed E-state index contributed by atoms with van der Waals surface area (Å²) < 4.78 is 0. The molecule has 15 heavy (non-hydrogen) atoms. The molecule has 0 radical (unpaired) electrons. The SMILES string of the molecule is CC1C(=O)CCCC1=Cc1ccccc1. The Kier molecular flexibility index (Phi) is 3.00. The van der Waals surface area contributed by atoms with Crippen LogP contribution < -0.4 is 0 Å². The summed E-state index contributed by atoms with van der Waals surface area (Å²) in [6.07, 6.45) is 5.01. The first-order valence-electron chi connectivity index (χ1n) is 5.55. The van der Waals surface area contributed by atoms with Gasteiger partial charge in [0.25, 0.3) is 0 Å². The van der Waals surface area contributed by atoms with Crippen LogP contribution in [0.3, 0.4) is 0 Å². The Morgan fingerprint density at radius 1 is 1.20 bits per heavy atom. The molecule has 0 amide bonds. The van der Waals surface area contributed by atoms with Gasteiger partial charge in [-0.25, -0.2) is 0 Å². The van der Waals surface area contributed by atoms with E-state index in [-0.39, 0.29) is 5.92 Å². The van der Waals surface area contributed by atoms with Gasteiger partial charge in [-0.1, -0.05) is 48.9 Å². The van der Waals surface area contributed by atoms with Gasteiger partial charge >= 0.3 is 0 Å². The number of rotatable bonds is 1. The quantitative estimate of drug-likeness (QED) is 0.678. The third-order valence-corrected chi connectivity index (χ3v) is 3.08. The molecule has 1 aromatic carbocycles. The highest BCUT2D eigenvalue weighted by molar-refractivity contribution is 5.85. The predicted molar refractivity (Wildman–Crippen MR) is 62.4 cm³/mol. The maximum atomic E-state index is 11.6. The molecular weight excluding hydrogens is 184 g/mol. The minimum absolute atomic E-state index is 0.124. The summed E-state index contributed by atoms with van der Waals surface area (Å²) in [6, 6.07) is 10.2. The number of carbonyl (C=O) groups is 1. The number of ketones is 1. The van der Waals surface area contributed by atoms with E-state index in [1.54, 1.807) is 0 Å². The first-order chi connectivity index (χ1) is 7.27. The van der Waals surface area contributed by atoms with E-state index >= 15 is 0 Å². The van der Waals surface area contributed by atoms with Gasteiger partial charge in [-0.2, -0.15) is 0 Å². The average molecular weight is 200 g/mol. The molecule has 78 valence electrons. The zero-order valence-corrected chi connectivity index (χ0v) is 9.07. The van der Waals surface area contributed by atoms with E-state index in [4.69, 9.17) is 0 Å². The highest BCUT2D eigenvalue weighted by Crippen LogP contribution is 2.27. The third kappa shape index (κ3) is 2.35. The molecule has 0 spiro atoms. The van der Waals surface area contributed by atoms with E-state index < -0.39 is 0 Å². The first kappa shape index (κ1) is 10.2. The Bertz CT molecular complexity index is 376. The summed E-state index contributed by atoms with van der Waals surface area (Å²) in [6.45, 7) is 2.02. The van der Waals surface area contributed by atoms with Crippen LogP contribution >= 0.6 is 0 Å². The molecule has 2 rings (SSSR count). The van der Waals surface area contributed by atoms with Crippen LogP contribution in [-0.2, 0) is 4.79 Å². The van der Waals surface area contributed by atoms with Crippen LogP contribution in [0.5, 0.6) is 0 Å². The Hall–Kier alpha value is -1.37. The summed E-state index contributed by atoms with van der Waals surface area (Å²) in [5, 5.41) is 0. The van der Waals surface area contributed by atoms with Crippen LogP contribution in [0.15, 0.2) is 35.9 Å². The van der Waals surface area contributed by atoms with Gasteiger partial charge in [0.15, 0.2) is 0 Å². The largest absolute Gasteiger partial charge is 0.299 e. The summed E-state index contributed by atoms with van der Waals surface area (Å²) in [4.78, 5) is 11.6. The lowest BCUT2D eigenvalue weighted by Crippen LogP contribution is -2.18. The van der Waals surface area contributed by atoms with E-state index in [2.05, 4.69) is 18.2 Å². The maximum absolute atomic E-state index is 11.6. The lowest BCUT2D eigenvalue weighted by atomic mass is 9.83. The second kappa shape index (κ2) is 4.43. The van der Waals surface area contributed by atoms with Crippen molar-refractivity contribution in [3.8, 4) is 0 Å². The van der Waals surface area contributed by atoms with E-state index in [1.807, 2.05) is 25.1 Å². The fourth-order valence-corrected chi connectivity index (χ4v) is 2.07. The molecule has 1 aromatic rings. The molecule has 1 saturated carbocycles. The van der Waals surface area contributed by atoms with Crippen LogP contribution in [0.25, 0.3) is 6.08 Å². The molecule has 0 saturated heterocycles. The Morgan fingerprint density at radius 3 is 2.67 bits per heavy atom. The van der Waals surface area contributed by atoms with Crippen LogP contribution in [-0.4, -0.2) is 5.78 Å². The van der Waals surface area contributed by atoms with Gasteiger partial charge in [-0.05, 0) is 18.4 Å². The van der Waals surface area contributed by atoms with Crippen molar-refractivity contribution >= 4 is 11.9 Å². The molecule has 0 bridgehead atoms. The molecular formula is C14H16O. The van der Waals surface area contributed by atoms with Gasteiger partial charge in [0.2, 0.25) is 0 Å². The van der Waals surface area contributed by atoms with E-state index in [1.165, 1.54) is 11.1 Å². The molecule has 1 nitrogen and oxygen atoms in total. The lowest BCUT2D eigenvalue weighted by molar-refractivity contribution is -0.122. The van der Waals surface area contributed by atoms with Gasteiger partial charge in [-0.3, -0.25) is 4.79 Å². The number of Topliss-reactive ketones (excluding diaryl/α,β-unsaturated/α-hetero) is 1. The molecule has 1 atom stereocenters. The van der Waals surface area contributed by atoms with Crippen LogP contribution in [0.2, 0.25) is 0 Å². The van der Waals surface area contributed by atoms with Crippen molar-refractivity contribution in [2.24, 2.45) is 5.92 Å². The summed E-state index contributed by atoms with van der Waals surface area (Å²) >= 11 is 0. The fraction of sp³-hybridized carbons (Fsp3) is 0.357. The second-order valence-corrected chi connectivity index (χ2v) is 4.17. The van der Waals surface area contributed by atoms with Crippen molar-refractivity contribution in [3.63, 3.8) is 0 Å². The number of benzene rings is 1. The Morgan fingerprint density at radius 2 is 1.93 bits per heavy atom. The van der Waals surface area contributed by atoms with E-state index in [0.717, 1.165) is 19.3 Å². The average Bonchev–Trinajstić information content (AvgIpc) is 2.26. The molecule has 0 heterocycles. The summed E-state index contributed by atoms with van der Waals surface area (Å²) in [7, 11) is 0. The zero-order chi connectivity index (χ0) is 10.7. The highest BCUT2D eigenvalue weighted by Gasteiger charge is 2.21. The predicted octanol–water partition coefficient (Wildman–Crippen LogP) is 3.46. The number of hydrogen-bond donors (Lipinski definition) is 0. The molecule has 1 fully saturated rings. The summed E-state index contributed by atoms with van der Waals surface area (Å²) in [5.74, 6) is 0.516. The molecule has 0 N–H and O–H groups in total. The summed E-state index contributed by atoms with van der Waals surface area (Å²) in [5.41, 5.74) is 2.49. The van der Waals surface area contributed by atoms with Crippen molar-refractivity contribution < 1.29 is 4.79 Å². The molecule has 0 aromatic heterocycles. The monoisotopic (exact) mass is 200 g/mol. The Labute approximate surface area is 90.8 Å². The smallest absolute Gasteiger partial charge is 0.139 e. The second-order valence-electron chi connectivity index (χ2n) is 4.17. The normalized spacial score (nSPS) is 24.5. The molecule has 1 heteroatoms. The molecule has 1 unspecified atom stereocenters. The number of carbonyl (C=O) groups excluding carboxylic acids is 1. The fourth-order valence-electron chi connectivity index (χ4n) is 2.07. The van der Waals surface area contributed by atoms with Crippen LogP contribution in [0.4, 0.5) is 0 Å². The van der Waals surface area contributed by atoms with E-state index in [0.29, 0.717) is 5.78 Å². The van der Waals surface area contributed by atoms with Crippen molar-refractivity contribution in [1.29, 1.82) is 0 Å². The Balaban J connectivity index is 2.23. The van der Waals surface area contributed by atoms with Crippen molar-refractivity contribution in [3.05, 3.63) is 41.5 Å². The van der Waals surface area contributed by atoms with Crippen molar-refractivity contribution in [2.45, 2.75) is 26.2 Å². The molecule has 0 aliphatic heterocycles. The van der Waals surface area contributed by atoms with Crippen molar-refractivity contribution in [2.75, 3.05) is 0 Å². The number of hydrogen-bond acceptors (Lipinski definition) is 1. The van der Waals surface area contributed by atoms with Crippen molar-refractivity contribution in [1.82, 2.24) is 0 Å².